The molecule has 0 aromatic rings. The molecule has 3 saturated heterocycles. The van der Waals surface area contributed by atoms with Crippen LogP contribution in [0.4, 0.5) is 0 Å². The highest BCUT2D eigenvalue weighted by Crippen LogP contribution is 2.30. The summed E-state index contributed by atoms with van der Waals surface area (Å²) in [6.45, 7) is 3.98. The second-order valence-electron chi connectivity index (χ2n) is 5.44. The number of amides is 1. The van der Waals surface area contributed by atoms with Gasteiger partial charge in [-0.25, -0.2) is 0 Å². The summed E-state index contributed by atoms with van der Waals surface area (Å²) in [5, 5.41) is 3.69. The Hall–Kier alpha value is -0.610. The first-order valence-corrected chi connectivity index (χ1v) is 6.54. The van der Waals surface area contributed by atoms with Crippen molar-refractivity contribution in [1.29, 1.82) is 0 Å². The van der Waals surface area contributed by atoms with Crippen molar-refractivity contribution in [3.05, 3.63) is 0 Å². The normalized spacial score (nSPS) is 40.0. The summed E-state index contributed by atoms with van der Waals surface area (Å²) < 4.78 is 0. The van der Waals surface area contributed by atoms with Crippen molar-refractivity contribution in [3.8, 4) is 0 Å². The minimum absolute atomic E-state index is 0.771. The van der Waals surface area contributed by atoms with Crippen molar-refractivity contribution in [2.75, 3.05) is 26.2 Å². The zero-order valence-corrected chi connectivity index (χ0v) is 9.77. The Morgan fingerprint density at radius 1 is 1.00 bits per heavy atom. The number of rotatable bonds is 2. The first kappa shape index (κ1) is 10.5. The summed E-state index contributed by atoms with van der Waals surface area (Å²) in [5.41, 5.74) is 0. The predicted octanol–water partition coefficient (Wildman–Crippen LogP) is 0.0434. The second-order valence-corrected chi connectivity index (χ2v) is 5.44. The molecule has 0 radical (unpaired) electrons. The standard InChI is InChI=1S/C12H21N3O/c16-9-14-3-5-15(6-4-14)12-7-10-1-2-11(8-12)13-10/h9-13H,1-8H2. The largest absolute Gasteiger partial charge is 0.343 e. The molecule has 3 rings (SSSR count). The molecule has 3 heterocycles. The Kier molecular flexibility index (Phi) is 2.86. The predicted molar refractivity (Wildman–Crippen MR) is 62.2 cm³/mol. The van der Waals surface area contributed by atoms with E-state index in [2.05, 4.69) is 10.2 Å². The molecule has 3 aliphatic rings. The number of nitrogens with one attached hydrogen (secondary N) is 1. The maximum absolute atomic E-state index is 10.7. The number of piperidine rings is 1. The van der Waals surface area contributed by atoms with Crippen LogP contribution in [0.15, 0.2) is 0 Å². The lowest BCUT2D eigenvalue weighted by Gasteiger charge is -2.41. The summed E-state index contributed by atoms with van der Waals surface area (Å²) in [6, 6.07) is 2.31. The van der Waals surface area contributed by atoms with E-state index in [1.165, 1.54) is 25.7 Å². The highest BCUT2D eigenvalue weighted by atomic mass is 16.1. The molecule has 16 heavy (non-hydrogen) atoms. The van der Waals surface area contributed by atoms with Gasteiger partial charge in [-0.15, -0.1) is 0 Å². The number of hydrogen-bond acceptors (Lipinski definition) is 3. The van der Waals surface area contributed by atoms with Crippen molar-refractivity contribution < 1.29 is 4.79 Å². The van der Waals surface area contributed by atoms with Crippen LogP contribution in [-0.2, 0) is 4.79 Å². The van der Waals surface area contributed by atoms with E-state index in [1.807, 2.05) is 4.90 Å². The Bertz CT molecular complexity index is 251. The Balaban J connectivity index is 1.56. The van der Waals surface area contributed by atoms with Crippen LogP contribution in [-0.4, -0.2) is 60.5 Å². The number of piperazine rings is 1. The summed E-state index contributed by atoms with van der Waals surface area (Å²) >= 11 is 0. The minimum atomic E-state index is 0.771. The molecule has 90 valence electrons. The van der Waals surface area contributed by atoms with E-state index in [1.54, 1.807) is 0 Å². The fourth-order valence-corrected chi connectivity index (χ4v) is 3.53. The SMILES string of the molecule is O=CN1CCN(C2CC3CCC(C2)N3)CC1. The van der Waals surface area contributed by atoms with Crippen LogP contribution in [0.25, 0.3) is 0 Å². The minimum Gasteiger partial charge on any atom is -0.343 e. The van der Waals surface area contributed by atoms with Gasteiger partial charge in [0.05, 0.1) is 0 Å². The highest BCUT2D eigenvalue weighted by molar-refractivity contribution is 5.47. The van der Waals surface area contributed by atoms with Crippen molar-refractivity contribution in [2.24, 2.45) is 0 Å². The van der Waals surface area contributed by atoms with Crippen LogP contribution in [0.1, 0.15) is 25.7 Å². The fourth-order valence-electron chi connectivity index (χ4n) is 3.53. The third kappa shape index (κ3) is 1.96. The van der Waals surface area contributed by atoms with Crippen molar-refractivity contribution >= 4 is 6.41 Å². The molecule has 1 amide bonds. The third-order valence-corrected chi connectivity index (χ3v) is 4.46. The van der Waals surface area contributed by atoms with Gasteiger partial charge >= 0.3 is 0 Å². The molecule has 2 bridgehead atoms. The van der Waals surface area contributed by atoms with E-state index in [0.717, 1.165) is 50.7 Å². The molecule has 0 aromatic heterocycles. The van der Waals surface area contributed by atoms with Crippen molar-refractivity contribution in [1.82, 2.24) is 15.1 Å². The van der Waals surface area contributed by atoms with Gasteiger partial charge in [0.2, 0.25) is 6.41 Å². The Morgan fingerprint density at radius 3 is 2.19 bits per heavy atom. The Morgan fingerprint density at radius 2 is 1.62 bits per heavy atom. The molecule has 3 fully saturated rings. The summed E-state index contributed by atoms with van der Waals surface area (Å²) in [7, 11) is 0. The quantitative estimate of drug-likeness (QED) is 0.672. The van der Waals surface area contributed by atoms with Crippen molar-refractivity contribution in [3.63, 3.8) is 0 Å². The summed E-state index contributed by atoms with van der Waals surface area (Å²) in [4.78, 5) is 15.2. The van der Waals surface area contributed by atoms with Crippen LogP contribution < -0.4 is 5.32 Å². The van der Waals surface area contributed by atoms with Gasteiger partial charge < -0.3 is 10.2 Å². The van der Waals surface area contributed by atoms with E-state index in [9.17, 15) is 4.79 Å². The molecular formula is C12H21N3O. The lowest BCUT2D eigenvalue weighted by Crippen LogP contribution is -2.54. The molecule has 0 aromatic carbocycles. The molecule has 2 unspecified atom stereocenters. The van der Waals surface area contributed by atoms with Crippen LogP contribution >= 0.6 is 0 Å². The Labute approximate surface area is 97.0 Å². The van der Waals surface area contributed by atoms with E-state index in [4.69, 9.17) is 0 Å². The maximum Gasteiger partial charge on any atom is 0.209 e. The van der Waals surface area contributed by atoms with Crippen LogP contribution in [0, 0.1) is 0 Å². The van der Waals surface area contributed by atoms with E-state index in [0.29, 0.717) is 0 Å². The number of carbonyl (C=O) groups excluding carboxylic acids is 1. The van der Waals surface area contributed by atoms with Crippen LogP contribution in [0.5, 0.6) is 0 Å². The van der Waals surface area contributed by atoms with Gasteiger partial charge in [-0.2, -0.15) is 0 Å². The van der Waals surface area contributed by atoms with Gasteiger partial charge in [0.25, 0.3) is 0 Å². The molecule has 0 spiro atoms. The molecule has 0 saturated carbocycles. The molecular weight excluding hydrogens is 202 g/mol. The molecule has 4 nitrogen and oxygen atoms in total. The van der Waals surface area contributed by atoms with Crippen molar-refractivity contribution in [2.45, 2.75) is 43.8 Å². The monoisotopic (exact) mass is 223 g/mol. The number of carbonyl (C=O) groups is 1. The summed E-state index contributed by atoms with van der Waals surface area (Å²) in [5.74, 6) is 0. The van der Waals surface area contributed by atoms with E-state index in [-0.39, 0.29) is 0 Å². The van der Waals surface area contributed by atoms with E-state index >= 15 is 0 Å². The lowest BCUT2D eigenvalue weighted by atomic mass is 9.97. The topological polar surface area (TPSA) is 35.6 Å². The van der Waals surface area contributed by atoms with Crippen LogP contribution in [0.2, 0.25) is 0 Å². The third-order valence-electron chi connectivity index (χ3n) is 4.46. The van der Waals surface area contributed by atoms with Gasteiger partial charge in [0, 0.05) is 44.3 Å². The summed E-state index contributed by atoms with van der Waals surface area (Å²) in [6.07, 6.45) is 6.36. The average Bonchev–Trinajstić information content (AvgIpc) is 2.68. The van der Waals surface area contributed by atoms with E-state index < -0.39 is 0 Å². The molecule has 4 heteroatoms. The van der Waals surface area contributed by atoms with Gasteiger partial charge in [0.1, 0.15) is 0 Å². The number of nitrogens with zero attached hydrogens (tertiary/aromatic N) is 2. The van der Waals surface area contributed by atoms with Crippen LogP contribution in [0.3, 0.4) is 0 Å². The zero-order valence-electron chi connectivity index (χ0n) is 9.77. The molecule has 3 aliphatic heterocycles. The number of fused-ring (bicyclic) bond motifs is 2. The van der Waals surface area contributed by atoms with Gasteiger partial charge in [-0.3, -0.25) is 9.69 Å². The van der Waals surface area contributed by atoms with Gasteiger partial charge in [-0.1, -0.05) is 0 Å². The first-order valence-electron chi connectivity index (χ1n) is 6.54. The zero-order chi connectivity index (χ0) is 11.0. The molecule has 1 N–H and O–H groups in total. The smallest absolute Gasteiger partial charge is 0.209 e. The number of hydrogen-bond donors (Lipinski definition) is 1. The lowest BCUT2D eigenvalue weighted by molar-refractivity contribution is -0.120. The maximum atomic E-state index is 10.7. The molecule has 0 aliphatic carbocycles. The fraction of sp³-hybridized carbons (Fsp3) is 0.917. The molecule has 2 atom stereocenters. The second kappa shape index (κ2) is 4.34. The average molecular weight is 223 g/mol. The highest BCUT2D eigenvalue weighted by Gasteiger charge is 2.36. The van der Waals surface area contributed by atoms with Gasteiger partial charge in [-0.05, 0) is 25.7 Å². The van der Waals surface area contributed by atoms with Gasteiger partial charge in [0.15, 0.2) is 0 Å². The first-order chi connectivity index (χ1) is 7.85.